The van der Waals surface area contributed by atoms with E-state index in [4.69, 9.17) is 0 Å². The van der Waals surface area contributed by atoms with Gasteiger partial charge in [-0.2, -0.15) is 5.10 Å². The Morgan fingerprint density at radius 1 is 1.43 bits per heavy atom. The Labute approximate surface area is 133 Å². The van der Waals surface area contributed by atoms with Gasteiger partial charge >= 0.3 is 0 Å². The Kier molecular flexibility index (Phi) is 4.40. The molecule has 1 unspecified atom stereocenters. The molecule has 0 saturated heterocycles. The fourth-order valence-electron chi connectivity index (χ4n) is 2.27. The molecule has 23 heavy (non-hydrogen) atoms. The first-order chi connectivity index (χ1) is 11.1. The van der Waals surface area contributed by atoms with Crippen LogP contribution in [-0.4, -0.2) is 33.9 Å². The van der Waals surface area contributed by atoms with Crippen LogP contribution < -0.4 is 10.6 Å². The van der Waals surface area contributed by atoms with E-state index in [1.165, 1.54) is 16.8 Å². The SMILES string of the molecule is CNC(O)c1cc(C(=O)NC2CC2)n(Cc2ccc(F)cc2)n1. The zero-order chi connectivity index (χ0) is 16.4. The molecule has 122 valence electrons. The number of benzene rings is 1. The normalized spacial score (nSPS) is 15.4. The van der Waals surface area contributed by atoms with E-state index in [1.54, 1.807) is 25.2 Å². The zero-order valence-electron chi connectivity index (χ0n) is 12.8. The maximum atomic E-state index is 13.0. The van der Waals surface area contributed by atoms with E-state index in [9.17, 15) is 14.3 Å². The van der Waals surface area contributed by atoms with Gasteiger partial charge in [0.2, 0.25) is 0 Å². The van der Waals surface area contributed by atoms with Crippen LogP contribution in [0, 0.1) is 5.82 Å². The summed E-state index contributed by atoms with van der Waals surface area (Å²) in [5.41, 5.74) is 1.57. The highest BCUT2D eigenvalue weighted by molar-refractivity contribution is 5.93. The number of aliphatic hydroxyl groups is 1. The van der Waals surface area contributed by atoms with Gasteiger partial charge in [0.1, 0.15) is 23.4 Å². The van der Waals surface area contributed by atoms with Crippen LogP contribution in [0.25, 0.3) is 0 Å². The number of aromatic nitrogens is 2. The maximum absolute atomic E-state index is 13.0. The van der Waals surface area contributed by atoms with Crippen molar-refractivity contribution in [1.82, 2.24) is 20.4 Å². The van der Waals surface area contributed by atoms with Gasteiger partial charge in [0.25, 0.3) is 5.91 Å². The molecule has 6 nitrogen and oxygen atoms in total. The minimum atomic E-state index is -0.947. The van der Waals surface area contributed by atoms with Crippen LogP contribution in [0.2, 0.25) is 0 Å². The van der Waals surface area contributed by atoms with E-state index in [-0.39, 0.29) is 17.8 Å². The number of nitrogens with zero attached hydrogens (tertiary/aromatic N) is 2. The molecule has 2 aromatic rings. The third-order valence-electron chi connectivity index (χ3n) is 3.74. The van der Waals surface area contributed by atoms with Crippen LogP contribution in [-0.2, 0) is 6.54 Å². The molecule has 1 amide bonds. The molecule has 1 aliphatic carbocycles. The Hall–Kier alpha value is -2.25. The molecule has 0 spiro atoms. The van der Waals surface area contributed by atoms with E-state index < -0.39 is 6.23 Å². The lowest BCUT2D eigenvalue weighted by molar-refractivity contribution is 0.0940. The number of aliphatic hydroxyl groups excluding tert-OH is 1. The van der Waals surface area contributed by atoms with Crippen LogP contribution in [0.1, 0.15) is 40.8 Å². The summed E-state index contributed by atoms with van der Waals surface area (Å²) in [5.74, 6) is -0.524. The molecule has 1 atom stereocenters. The molecule has 0 bridgehead atoms. The standard InChI is InChI=1S/C16H19FN4O2/c1-18-15(22)13-8-14(16(23)19-12-6-7-12)21(20-13)9-10-2-4-11(17)5-3-10/h2-5,8,12,15,18,22H,6-7,9H2,1H3,(H,19,23). The van der Waals surface area contributed by atoms with Crippen molar-refractivity contribution in [2.75, 3.05) is 7.05 Å². The summed E-state index contributed by atoms with van der Waals surface area (Å²) in [4.78, 5) is 12.4. The van der Waals surface area contributed by atoms with Crippen molar-refractivity contribution in [3.8, 4) is 0 Å². The average molecular weight is 318 g/mol. The Morgan fingerprint density at radius 3 is 2.74 bits per heavy atom. The van der Waals surface area contributed by atoms with Crippen molar-refractivity contribution in [1.29, 1.82) is 0 Å². The van der Waals surface area contributed by atoms with Gasteiger partial charge in [-0.15, -0.1) is 0 Å². The van der Waals surface area contributed by atoms with Gasteiger partial charge in [-0.05, 0) is 43.7 Å². The summed E-state index contributed by atoms with van der Waals surface area (Å²) < 4.78 is 14.5. The van der Waals surface area contributed by atoms with Gasteiger partial charge in [0.05, 0.1) is 6.54 Å². The summed E-state index contributed by atoms with van der Waals surface area (Å²) >= 11 is 0. The van der Waals surface area contributed by atoms with Crippen molar-refractivity contribution in [3.63, 3.8) is 0 Å². The molecule has 1 aromatic heterocycles. The highest BCUT2D eigenvalue weighted by atomic mass is 19.1. The van der Waals surface area contributed by atoms with Gasteiger partial charge < -0.3 is 10.4 Å². The second-order valence-electron chi connectivity index (χ2n) is 5.68. The number of rotatable bonds is 6. The fraction of sp³-hybridized carbons (Fsp3) is 0.375. The molecule has 0 aliphatic heterocycles. The first kappa shape index (κ1) is 15.6. The minimum Gasteiger partial charge on any atom is -0.373 e. The van der Waals surface area contributed by atoms with Gasteiger partial charge in [0.15, 0.2) is 0 Å². The molecule has 3 N–H and O–H groups in total. The summed E-state index contributed by atoms with van der Waals surface area (Å²) in [6.45, 7) is 0.324. The number of hydrogen-bond acceptors (Lipinski definition) is 4. The number of hydrogen-bond donors (Lipinski definition) is 3. The smallest absolute Gasteiger partial charge is 0.269 e. The van der Waals surface area contributed by atoms with E-state index in [1.807, 2.05) is 0 Å². The third-order valence-corrected chi connectivity index (χ3v) is 3.74. The van der Waals surface area contributed by atoms with E-state index >= 15 is 0 Å². The molecule has 3 rings (SSSR count). The molecule has 1 aromatic carbocycles. The van der Waals surface area contributed by atoms with E-state index in [0.29, 0.717) is 17.9 Å². The highest BCUT2D eigenvalue weighted by Gasteiger charge is 2.26. The fourth-order valence-corrected chi connectivity index (χ4v) is 2.27. The summed E-state index contributed by atoms with van der Waals surface area (Å²) in [7, 11) is 1.60. The Bertz CT molecular complexity index is 695. The van der Waals surface area contributed by atoms with Gasteiger partial charge in [-0.1, -0.05) is 12.1 Å². The monoisotopic (exact) mass is 318 g/mol. The number of amides is 1. The molecular formula is C16H19FN4O2. The van der Waals surface area contributed by atoms with Crippen LogP contribution in [0.4, 0.5) is 4.39 Å². The number of nitrogens with one attached hydrogen (secondary N) is 2. The van der Waals surface area contributed by atoms with Crippen molar-refractivity contribution in [2.24, 2.45) is 0 Å². The predicted octanol–water partition coefficient (Wildman–Crippen LogP) is 1.17. The molecule has 1 saturated carbocycles. The Balaban J connectivity index is 1.87. The van der Waals surface area contributed by atoms with Crippen LogP contribution in [0.15, 0.2) is 30.3 Å². The second kappa shape index (κ2) is 6.47. The molecular weight excluding hydrogens is 299 g/mol. The second-order valence-corrected chi connectivity index (χ2v) is 5.68. The van der Waals surface area contributed by atoms with Gasteiger partial charge in [-0.3, -0.25) is 14.8 Å². The van der Waals surface area contributed by atoms with Crippen LogP contribution in [0.3, 0.4) is 0 Å². The molecule has 1 aliphatic rings. The zero-order valence-corrected chi connectivity index (χ0v) is 12.8. The maximum Gasteiger partial charge on any atom is 0.269 e. The lowest BCUT2D eigenvalue weighted by Crippen LogP contribution is -2.28. The van der Waals surface area contributed by atoms with Crippen LogP contribution >= 0.6 is 0 Å². The first-order valence-corrected chi connectivity index (χ1v) is 7.55. The van der Waals surface area contributed by atoms with Gasteiger partial charge in [0, 0.05) is 6.04 Å². The number of halogens is 1. The van der Waals surface area contributed by atoms with Gasteiger partial charge in [-0.25, -0.2) is 4.39 Å². The molecule has 0 radical (unpaired) electrons. The Morgan fingerprint density at radius 2 is 2.13 bits per heavy atom. The molecule has 1 heterocycles. The summed E-state index contributed by atoms with van der Waals surface area (Å²) in [6, 6.07) is 7.83. The average Bonchev–Trinajstić information content (AvgIpc) is 3.26. The first-order valence-electron chi connectivity index (χ1n) is 7.55. The number of carbonyl (C=O) groups excluding carboxylic acids is 1. The van der Waals surface area contributed by atoms with E-state index in [0.717, 1.165) is 18.4 Å². The molecule has 7 heteroatoms. The predicted molar refractivity (Wildman–Crippen MR) is 82.2 cm³/mol. The summed E-state index contributed by atoms with van der Waals surface area (Å²) in [5, 5.41) is 19.8. The molecule has 1 fully saturated rings. The lowest BCUT2D eigenvalue weighted by Gasteiger charge is -2.08. The van der Waals surface area contributed by atoms with Crippen LogP contribution in [0.5, 0.6) is 0 Å². The van der Waals surface area contributed by atoms with E-state index in [2.05, 4.69) is 15.7 Å². The highest BCUT2D eigenvalue weighted by Crippen LogP contribution is 2.20. The van der Waals surface area contributed by atoms with Crippen molar-refractivity contribution >= 4 is 5.91 Å². The van der Waals surface area contributed by atoms with Crippen molar-refractivity contribution in [2.45, 2.75) is 31.7 Å². The van der Waals surface area contributed by atoms with Crippen molar-refractivity contribution < 1.29 is 14.3 Å². The lowest BCUT2D eigenvalue weighted by atomic mass is 10.2. The number of carbonyl (C=O) groups is 1. The quantitative estimate of drug-likeness (QED) is 0.699. The largest absolute Gasteiger partial charge is 0.373 e. The topological polar surface area (TPSA) is 79.2 Å². The third kappa shape index (κ3) is 3.75. The summed E-state index contributed by atoms with van der Waals surface area (Å²) in [6.07, 6.45) is 1.03. The van der Waals surface area contributed by atoms with Crippen molar-refractivity contribution in [3.05, 3.63) is 53.1 Å². The minimum absolute atomic E-state index is 0.211.